The summed E-state index contributed by atoms with van der Waals surface area (Å²) in [6.45, 7) is 5.61. The summed E-state index contributed by atoms with van der Waals surface area (Å²) in [6.07, 6.45) is 0.174. The molecule has 0 aliphatic rings. The number of aryl methyl sites for hydroxylation is 2. The van der Waals surface area contributed by atoms with Crippen molar-refractivity contribution < 1.29 is 9.59 Å². The molecule has 4 nitrogen and oxygen atoms in total. The second-order valence-electron chi connectivity index (χ2n) is 5.89. The first-order valence-corrected chi connectivity index (χ1v) is 8.64. The molecule has 0 heterocycles. The first kappa shape index (κ1) is 19.3. The van der Waals surface area contributed by atoms with Crippen LogP contribution in [0.3, 0.4) is 0 Å². The molecule has 2 aromatic carbocycles. The van der Waals surface area contributed by atoms with Crippen molar-refractivity contribution in [2.75, 3.05) is 16.8 Å². The molecule has 0 aromatic heterocycles. The highest BCUT2D eigenvalue weighted by molar-refractivity contribution is 6.42. The molecule has 6 heteroatoms. The van der Waals surface area contributed by atoms with E-state index >= 15 is 0 Å². The number of halogens is 2. The average molecular weight is 379 g/mol. The summed E-state index contributed by atoms with van der Waals surface area (Å²) < 4.78 is 0. The van der Waals surface area contributed by atoms with Crippen LogP contribution in [-0.2, 0) is 9.59 Å². The number of hydrogen-bond acceptors (Lipinski definition) is 2. The third-order valence-electron chi connectivity index (χ3n) is 3.82. The van der Waals surface area contributed by atoms with Gasteiger partial charge >= 0.3 is 0 Å². The molecule has 25 heavy (non-hydrogen) atoms. The Morgan fingerprint density at radius 1 is 1.04 bits per heavy atom. The highest BCUT2D eigenvalue weighted by Crippen LogP contribution is 2.27. The highest BCUT2D eigenvalue weighted by atomic mass is 35.5. The van der Waals surface area contributed by atoms with Crippen molar-refractivity contribution in [2.45, 2.75) is 27.2 Å². The molecule has 0 radical (unpaired) electrons. The summed E-state index contributed by atoms with van der Waals surface area (Å²) in [5.74, 6) is -0.321. The molecule has 132 valence electrons. The fraction of sp³-hybridized carbons (Fsp3) is 0.263. The van der Waals surface area contributed by atoms with Gasteiger partial charge in [-0.3, -0.25) is 9.59 Å². The Morgan fingerprint density at radius 2 is 1.76 bits per heavy atom. The molecule has 0 aliphatic carbocycles. The quantitative estimate of drug-likeness (QED) is 0.796. The van der Waals surface area contributed by atoms with E-state index in [0.29, 0.717) is 15.7 Å². The SMILES string of the molecule is CC(=O)N(CCC(=O)Nc1cc(C)ccc1C)c1ccc(Cl)c(Cl)c1. The molecule has 0 spiro atoms. The largest absolute Gasteiger partial charge is 0.326 e. The number of benzene rings is 2. The zero-order valence-corrected chi connectivity index (χ0v) is 15.9. The summed E-state index contributed by atoms with van der Waals surface area (Å²) in [4.78, 5) is 25.7. The smallest absolute Gasteiger partial charge is 0.226 e. The number of nitrogens with one attached hydrogen (secondary N) is 1. The van der Waals surface area contributed by atoms with Gasteiger partial charge < -0.3 is 10.2 Å². The second-order valence-corrected chi connectivity index (χ2v) is 6.70. The number of nitrogens with zero attached hydrogens (tertiary/aromatic N) is 1. The van der Waals surface area contributed by atoms with Crippen LogP contribution in [0.4, 0.5) is 11.4 Å². The topological polar surface area (TPSA) is 49.4 Å². The predicted octanol–water partition coefficient (Wildman–Crippen LogP) is 4.99. The van der Waals surface area contributed by atoms with Gasteiger partial charge in [0.25, 0.3) is 0 Å². The van der Waals surface area contributed by atoms with Gasteiger partial charge in [-0.2, -0.15) is 0 Å². The summed E-state index contributed by atoms with van der Waals surface area (Å²) >= 11 is 11.9. The zero-order chi connectivity index (χ0) is 18.6. The maximum absolute atomic E-state index is 12.3. The third-order valence-corrected chi connectivity index (χ3v) is 4.56. The van der Waals surface area contributed by atoms with Crippen LogP contribution in [-0.4, -0.2) is 18.4 Å². The van der Waals surface area contributed by atoms with E-state index in [4.69, 9.17) is 23.2 Å². The molecule has 0 fully saturated rings. The van der Waals surface area contributed by atoms with Crippen LogP contribution in [0.5, 0.6) is 0 Å². The Bertz CT molecular complexity index is 806. The van der Waals surface area contributed by atoms with Crippen molar-refractivity contribution in [2.24, 2.45) is 0 Å². The Morgan fingerprint density at radius 3 is 2.40 bits per heavy atom. The molecule has 0 unspecified atom stereocenters. The third kappa shape index (κ3) is 5.21. The van der Waals surface area contributed by atoms with Crippen molar-refractivity contribution in [3.8, 4) is 0 Å². The number of amides is 2. The summed E-state index contributed by atoms with van der Waals surface area (Å²) in [5, 5.41) is 3.68. The van der Waals surface area contributed by atoms with E-state index in [0.717, 1.165) is 16.8 Å². The van der Waals surface area contributed by atoms with Gasteiger partial charge in [0.15, 0.2) is 0 Å². The van der Waals surface area contributed by atoms with Gasteiger partial charge in [0, 0.05) is 31.3 Å². The Balaban J connectivity index is 2.05. The molecule has 2 rings (SSSR count). The average Bonchev–Trinajstić information content (AvgIpc) is 2.54. The van der Waals surface area contributed by atoms with Crippen LogP contribution in [0.25, 0.3) is 0 Å². The fourth-order valence-electron chi connectivity index (χ4n) is 2.42. The molecule has 0 bridgehead atoms. The number of hydrogen-bond donors (Lipinski definition) is 1. The minimum atomic E-state index is -0.169. The van der Waals surface area contributed by atoms with Crippen molar-refractivity contribution >= 4 is 46.4 Å². The summed E-state index contributed by atoms with van der Waals surface area (Å²) in [6, 6.07) is 10.8. The number of rotatable bonds is 5. The molecule has 2 amide bonds. The minimum Gasteiger partial charge on any atom is -0.326 e. The van der Waals surface area contributed by atoms with Gasteiger partial charge in [-0.05, 0) is 49.2 Å². The van der Waals surface area contributed by atoms with Crippen LogP contribution >= 0.6 is 23.2 Å². The monoisotopic (exact) mass is 378 g/mol. The normalized spacial score (nSPS) is 10.4. The number of carbonyl (C=O) groups is 2. The van der Waals surface area contributed by atoms with Gasteiger partial charge in [0.2, 0.25) is 11.8 Å². The lowest BCUT2D eigenvalue weighted by Crippen LogP contribution is -2.32. The summed E-state index contributed by atoms with van der Waals surface area (Å²) in [7, 11) is 0. The molecule has 2 aromatic rings. The van der Waals surface area contributed by atoms with Crippen LogP contribution in [0.2, 0.25) is 10.0 Å². The number of carbonyl (C=O) groups excluding carboxylic acids is 2. The maximum Gasteiger partial charge on any atom is 0.226 e. The van der Waals surface area contributed by atoms with E-state index in [1.807, 2.05) is 32.0 Å². The standard InChI is InChI=1S/C19H20Cl2N2O2/c1-12-4-5-13(2)18(10-12)22-19(25)8-9-23(14(3)24)15-6-7-16(20)17(21)11-15/h4-7,10-11H,8-9H2,1-3H3,(H,22,25). The molecule has 0 saturated heterocycles. The van der Waals surface area contributed by atoms with Gasteiger partial charge in [0.05, 0.1) is 10.0 Å². The van der Waals surface area contributed by atoms with Crippen LogP contribution in [0, 0.1) is 13.8 Å². The molecular weight excluding hydrogens is 359 g/mol. The lowest BCUT2D eigenvalue weighted by atomic mass is 10.1. The Hall–Kier alpha value is -2.04. The van der Waals surface area contributed by atoms with Crippen LogP contribution in [0.15, 0.2) is 36.4 Å². The first-order chi connectivity index (χ1) is 11.8. The van der Waals surface area contributed by atoms with Gasteiger partial charge in [-0.15, -0.1) is 0 Å². The van der Waals surface area contributed by atoms with E-state index < -0.39 is 0 Å². The lowest BCUT2D eigenvalue weighted by molar-refractivity contribution is -0.117. The van der Waals surface area contributed by atoms with E-state index in [-0.39, 0.29) is 24.8 Å². The lowest BCUT2D eigenvalue weighted by Gasteiger charge is -2.21. The van der Waals surface area contributed by atoms with Gasteiger partial charge in [-0.25, -0.2) is 0 Å². The molecule has 0 saturated carbocycles. The molecular formula is C19H20Cl2N2O2. The number of anilines is 2. The van der Waals surface area contributed by atoms with Crippen molar-refractivity contribution in [3.05, 3.63) is 57.6 Å². The Kier molecular flexibility index (Phi) is 6.45. The highest BCUT2D eigenvalue weighted by Gasteiger charge is 2.15. The van der Waals surface area contributed by atoms with E-state index in [9.17, 15) is 9.59 Å². The first-order valence-electron chi connectivity index (χ1n) is 7.88. The van der Waals surface area contributed by atoms with Crippen molar-refractivity contribution in [1.29, 1.82) is 0 Å². The molecule has 0 atom stereocenters. The maximum atomic E-state index is 12.3. The molecule has 1 N–H and O–H groups in total. The zero-order valence-electron chi connectivity index (χ0n) is 14.4. The van der Waals surface area contributed by atoms with Crippen LogP contribution in [0.1, 0.15) is 24.5 Å². The minimum absolute atomic E-state index is 0.153. The fourth-order valence-corrected chi connectivity index (χ4v) is 2.71. The summed E-state index contributed by atoms with van der Waals surface area (Å²) in [5.41, 5.74) is 3.46. The van der Waals surface area contributed by atoms with Gasteiger partial charge in [0.1, 0.15) is 0 Å². The second kappa shape index (κ2) is 8.37. The van der Waals surface area contributed by atoms with Crippen molar-refractivity contribution in [3.63, 3.8) is 0 Å². The Labute approximate surface area is 157 Å². The predicted molar refractivity (Wildman–Crippen MR) is 104 cm³/mol. The molecule has 0 aliphatic heterocycles. The van der Waals surface area contributed by atoms with Gasteiger partial charge in [-0.1, -0.05) is 35.3 Å². The van der Waals surface area contributed by atoms with E-state index in [2.05, 4.69) is 5.32 Å². The van der Waals surface area contributed by atoms with E-state index in [1.54, 1.807) is 18.2 Å². The van der Waals surface area contributed by atoms with Crippen molar-refractivity contribution in [1.82, 2.24) is 0 Å². The van der Waals surface area contributed by atoms with Crippen LogP contribution < -0.4 is 10.2 Å². The van der Waals surface area contributed by atoms with E-state index in [1.165, 1.54) is 11.8 Å².